The molecular formula is C19H21NOS. The molecule has 0 atom stereocenters. The molecule has 114 valence electrons. The molecule has 0 amide bonds. The van der Waals surface area contributed by atoms with Crippen LogP contribution in [0.1, 0.15) is 30.9 Å². The Morgan fingerprint density at radius 2 is 1.32 bits per heavy atom. The van der Waals surface area contributed by atoms with Crippen molar-refractivity contribution in [1.82, 2.24) is 4.90 Å². The number of benzene rings is 2. The minimum absolute atomic E-state index is 0.182. The van der Waals surface area contributed by atoms with Crippen LogP contribution in [0.15, 0.2) is 60.7 Å². The second kappa shape index (κ2) is 8.44. The summed E-state index contributed by atoms with van der Waals surface area (Å²) in [5, 5.41) is 0. The highest BCUT2D eigenvalue weighted by molar-refractivity contribution is 7.80. The van der Waals surface area contributed by atoms with Crippen molar-refractivity contribution in [3.63, 3.8) is 0 Å². The van der Waals surface area contributed by atoms with Crippen molar-refractivity contribution in [2.24, 2.45) is 0 Å². The lowest BCUT2D eigenvalue weighted by molar-refractivity contribution is -0.116. The van der Waals surface area contributed by atoms with Crippen molar-refractivity contribution < 1.29 is 4.79 Å². The van der Waals surface area contributed by atoms with Gasteiger partial charge in [0.1, 0.15) is 5.78 Å². The Bertz CT molecular complexity index is 568. The largest absolute Gasteiger partial charge is 0.357 e. The fraction of sp³-hybridized carbons (Fsp3) is 0.263. The summed E-state index contributed by atoms with van der Waals surface area (Å²) in [6.45, 7) is 3.15. The third kappa shape index (κ3) is 5.41. The fourth-order valence-electron chi connectivity index (χ4n) is 2.28. The summed E-state index contributed by atoms with van der Waals surface area (Å²) in [7, 11) is 0. The molecule has 0 saturated heterocycles. The van der Waals surface area contributed by atoms with E-state index in [1.165, 1.54) is 11.1 Å². The molecule has 0 spiro atoms. The number of hydrogen-bond acceptors (Lipinski definition) is 2. The molecule has 0 bridgehead atoms. The molecule has 0 unspecified atom stereocenters. The maximum absolute atomic E-state index is 11.2. The van der Waals surface area contributed by atoms with Crippen LogP contribution in [-0.2, 0) is 17.9 Å². The Hall–Kier alpha value is -2.00. The first kappa shape index (κ1) is 16.4. The molecule has 0 saturated carbocycles. The van der Waals surface area contributed by atoms with E-state index in [0.717, 1.165) is 18.1 Å². The fourth-order valence-corrected chi connectivity index (χ4v) is 2.51. The number of hydrogen-bond donors (Lipinski definition) is 0. The van der Waals surface area contributed by atoms with E-state index >= 15 is 0 Å². The SMILES string of the molecule is CC(=O)CCC(=S)N(Cc1ccccc1)Cc1ccccc1. The number of ketones is 1. The maximum atomic E-state index is 11.2. The summed E-state index contributed by atoms with van der Waals surface area (Å²) < 4.78 is 0. The van der Waals surface area contributed by atoms with Gasteiger partial charge in [-0.05, 0) is 18.1 Å². The Morgan fingerprint density at radius 3 is 1.73 bits per heavy atom. The van der Waals surface area contributed by atoms with Crippen LogP contribution in [0.2, 0.25) is 0 Å². The van der Waals surface area contributed by atoms with Gasteiger partial charge in [-0.25, -0.2) is 0 Å². The molecule has 2 rings (SSSR count). The summed E-state index contributed by atoms with van der Waals surface area (Å²) in [6.07, 6.45) is 1.16. The highest BCUT2D eigenvalue weighted by Crippen LogP contribution is 2.13. The first-order chi connectivity index (χ1) is 10.6. The molecule has 0 fully saturated rings. The van der Waals surface area contributed by atoms with Crippen LogP contribution in [0.3, 0.4) is 0 Å². The molecule has 22 heavy (non-hydrogen) atoms. The molecule has 3 heteroatoms. The third-order valence-corrected chi connectivity index (χ3v) is 3.94. The number of thiocarbonyl (C=S) groups is 1. The number of carbonyl (C=O) groups is 1. The normalized spacial score (nSPS) is 10.2. The first-order valence-electron chi connectivity index (χ1n) is 7.50. The Balaban J connectivity index is 2.09. The summed E-state index contributed by atoms with van der Waals surface area (Å²) in [4.78, 5) is 14.2. The highest BCUT2D eigenvalue weighted by Gasteiger charge is 2.12. The van der Waals surface area contributed by atoms with Gasteiger partial charge in [-0.2, -0.15) is 0 Å². The van der Waals surface area contributed by atoms with Crippen molar-refractivity contribution in [1.29, 1.82) is 0 Å². The van der Waals surface area contributed by atoms with Gasteiger partial charge in [0.15, 0.2) is 0 Å². The summed E-state index contributed by atoms with van der Waals surface area (Å²) >= 11 is 5.57. The zero-order valence-corrected chi connectivity index (χ0v) is 13.7. The van der Waals surface area contributed by atoms with Crippen LogP contribution >= 0.6 is 12.2 Å². The number of Topliss-reactive ketones (excluding diaryl/α,β-unsaturated/α-hetero) is 1. The molecule has 0 radical (unpaired) electrons. The van der Waals surface area contributed by atoms with Crippen LogP contribution < -0.4 is 0 Å². The lowest BCUT2D eigenvalue weighted by Crippen LogP contribution is -2.28. The van der Waals surface area contributed by atoms with Crippen molar-refractivity contribution >= 4 is 23.0 Å². The average Bonchev–Trinajstić information content (AvgIpc) is 2.54. The summed E-state index contributed by atoms with van der Waals surface area (Å²) in [6, 6.07) is 20.6. The molecule has 0 aliphatic rings. The van der Waals surface area contributed by atoms with Gasteiger partial charge < -0.3 is 9.69 Å². The lowest BCUT2D eigenvalue weighted by Gasteiger charge is -2.25. The number of rotatable bonds is 7. The maximum Gasteiger partial charge on any atom is 0.130 e. The topological polar surface area (TPSA) is 20.3 Å². The Labute approximate surface area is 137 Å². The van der Waals surface area contributed by atoms with Crippen LogP contribution in [0, 0.1) is 0 Å². The van der Waals surface area contributed by atoms with Gasteiger partial charge >= 0.3 is 0 Å². The van der Waals surface area contributed by atoms with Crippen molar-refractivity contribution in [3.8, 4) is 0 Å². The van der Waals surface area contributed by atoms with E-state index in [2.05, 4.69) is 29.2 Å². The van der Waals surface area contributed by atoms with Crippen LogP contribution in [0.5, 0.6) is 0 Å². The molecule has 0 aromatic heterocycles. The third-order valence-electron chi connectivity index (χ3n) is 3.48. The predicted molar refractivity (Wildman–Crippen MR) is 94.6 cm³/mol. The second-order valence-corrected chi connectivity index (χ2v) is 5.89. The van der Waals surface area contributed by atoms with E-state index in [4.69, 9.17) is 12.2 Å². The van der Waals surface area contributed by atoms with Gasteiger partial charge in [0, 0.05) is 25.9 Å². The van der Waals surface area contributed by atoms with Gasteiger partial charge in [-0.3, -0.25) is 0 Å². The van der Waals surface area contributed by atoms with Gasteiger partial charge in [0.25, 0.3) is 0 Å². The second-order valence-electron chi connectivity index (χ2n) is 5.42. The summed E-state index contributed by atoms with van der Waals surface area (Å²) in [5.41, 5.74) is 2.45. The van der Waals surface area contributed by atoms with Gasteiger partial charge in [-0.15, -0.1) is 0 Å². The molecule has 0 N–H and O–H groups in total. The molecular weight excluding hydrogens is 290 g/mol. The van der Waals surface area contributed by atoms with E-state index in [9.17, 15) is 4.79 Å². The minimum atomic E-state index is 0.182. The van der Waals surface area contributed by atoms with Crippen LogP contribution in [0.4, 0.5) is 0 Å². The monoisotopic (exact) mass is 311 g/mol. The first-order valence-corrected chi connectivity index (χ1v) is 7.91. The molecule has 0 aliphatic heterocycles. The number of nitrogens with zero attached hydrogens (tertiary/aromatic N) is 1. The standard InChI is InChI=1S/C19H21NOS/c1-16(21)12-13-19(22)20(14-17-8-4-2-5-9-17)15-18-10-6-3-7-11-18/h2-11H,12-15H2,1H3. The van der Waals surface area contributed by atoms with Crippen molar-refractivity contribution in [2.45, 2.75) is 32.9 Å². The van der Waals surface area contributed by atoms with E-state index < -0.39 is 0 Å². The minimum Gasteiger partial charge on any atom is -0.357 e. The average molecular weight is 311 g/mol. The van der Waals surface area contributed by atoms with E-state index in [1.54, 1.807) is 6.92 Å². The smallest absolute Gasteiger partial charge is 0.130 e. The van der Waals surface area contributed by atoms with Crippen molar-refractivity contribution in [3.05, 3.63) is 71.8 Å². The molecule has 2 nitrogen and oxygen atoms in total. The van der Waals surface area contributed by atoms with Crippen LogP contribution in [0.25, 0.3) is 0 Å². The van der Waals surface area contributed by atoms with Crippen LogP contribution in [-0.4, -0.2) is 15.7 Å². The van der Waals surface area contributed by atoms with E-state index in [-0.39, 0.29) is 5.78 Å². The van der Waals surface area contributed by atoms with Crippen molar-refractivity contribution in [2.75, 3.05) is 0 Å². The zero-order chi connectivity index (χ0) is 15.8. The zero-order valence-electron chi connectivity index (χ0n) is 12.9. The van der Waals surface area contributed by atoms with Gasteiger partial charge in [-0.1, -0.05) is 72.9 Å². The molecule has 0 aliphatic carbocycles. The highest BCUT2D eigenvalue weighted by atomic mass is 32.1. The molecule has 2 aromatic rings. The van der Waals surface area contributed by atoms with E-state index in [1.807, 2.05) is 36.4 Å². The quantitative estimate of drug-likeness (QED) is 0.708. The van der Waals surface area contributed by atoms with Gasteiger partial charge in [0.05, 0.1) is 4.99 Å². The molecule has 0 heterocycles. The van der Waals surface area contributed by atoms with Gasteiger partial charge in [0.2, 0.25) is 0 Å². The predicted octanol–water partition coefficient (Wildman–Crippen LogP) is 4.39. The van der Waals surface area contributed by atoms with E-state index in [0.29, 0.717) is 12.8 Å². The molecule has 2 aromatic carbocycles. The Morgan fingerprint density at radius 1 is 0.864 bits per heavy atom. The Kier molecular flexibility index (Phi) is 6.28. The lowest BCUT2D eigenvalue weighted by atomic mass is 10.1. The number of carbonyl (C=O) groups excluding carboxylic acids is 1. The summed E-state index contributed by atoms with van der Waals surface area (Å²) in [5.74, 6) is 0.182.